The first-order chi connectivity index (χ1) is 10.3. The zero-order valence-corrected chi connectivity index (χ0v) is 18.6. The Morgan fingerprint density at radius 1 is 0.909 bits per heavy atom. The Kier molecular flexibility index (Phi) is 17.9. The number of carboxylic acid groups (broad SMARTS) is 1. The molecule has 0 aromatic carbocycles. The van der Waals surface area contributed by atoms with E-state index in [-0.39, 0.29) is 12.2 Å². The second-order valence-electron chi connectivity index (χ2n) is 6.83. The van der Waals surface area contributed by atoms with Crippen LogP contribution in [-0.2, 0) is 9.53 Å². The second kappa shape index (κ2) is 16.1. The maximum absolute atomic E-state index is 9.81. The molecule has 0 aliphatic rings. The molecule has 0 aliphatic heterocycles. The number of rotatable bonds is 11. The number of hydrogen-bond donors (Lipinski definition) is 0. The molecule has 3 nitrogen and oxygen atoms in total. The summed E-state index contributed by atoms with van der Waals surface area (Å²) in [5, 5.41) is 9.81. The van der Waals surface area contributed by atoms with Crippen molar-refractivity contribution in [2.45, 2.75) is 99.0 Å². The molecule has 0 N–H and O–H groups in total. The molecule has 0 atom stereocenters. The molecule has 0 rings (SSSR count). The Bertz CT molecular complexity index is 230. The number of ether oxygens (including phenoxy) is 1. The Morgan fingerprint density at radius 2 is 1.27 bits per heavy atom. The monoisotopic (exact) mass is 422 g/mol. The molecule has 0 aromatic heterocycles. The van der Waals surface area contributed by atoms with Gasteiger partial charge in [-0.15, -0.1) is 0 Å². The van der Waals surface area contributed by atoms with Gasteiger partial charge in [0, 0.05) is 0 Å². The van der Waals surface area contributed by atoms with Crippen molar-refractivity contribution in [2.24, 2.45) is 0 Å². The summed E-state index contributed by atoms with van der Waals surface area (Å²) in [5.41, 5.74) is -0.389. The van der Waals surface area contributed by atoms with Gasteiger partial charge in [0.05, 0.1) is 18.2 Å². The van der Waals surface area contributed by atoms with E-state index in [1.54, 1.807) is 34.1 Å². The van der Waals surface area contributed by atoms with Crippen molar-refractivity contribution in [3.05, 3.63) is 0 Å². The second-order valence-corrected chi connectivity index (χ2v) is 15.4. The zero-order chi connectivity index (χ0) is 17.4. The standard InChI is InChI=1S/C6H12O3.3C4H9.Sn/c1-6(2,3)9-4-5(7)8;3*1-3-4-2;/h4H2,1-3H3,(H,7,8);3*1,3-4H2,2H3;/q;;;;+1/p-1. The first-order valence-electron chi connectivity index (χ1n) is 8.94. The first-order valence-corrected chi connectivity index (χ1v) is 15.0. The molecule has 0 aliphatic carbocycles. The summed E-state index contributed by atoms with van der Waals surface area (Å²) >= 11 is -0.839. The summed E-state index contributed by atoms with van der Waals surface area (Å²) in [6, 6.07) is 0. The van der Waals surface area contributed by atoms with Gasteiger partial charge in [-0.05, 0) is 20.8 Å². The number of carboxylic acids is 1. The van der Waals surface area contributed by atoms with Gasteiger partial charge in [0.25, 0.3) is 0 Å². The van der Waals surface area contributed by atoms with Crippen LogP contribution in [0.5, 0.6) is 0 Å². The van der Waals surface area contributed by atoms with Gasteiger partial charge in [0.1, 0.15) is 0 Å². The summed E-state index contributed by atoms with van der Waals surface area (Å²) in [6.07, 6.45) is 8.85. The maximum atomic E-state index is 9.81. The van der Waals surface area contributed by atoms with Crippen molar-refractivity contribution in [3.63, 3.8) is 0 Å². The Hall–Kier alpha value is 0.229. The van der Waals surface area contributed by atoms with E-state index < -0.39 is 25.7 Å². The van der Waals surface area contributed by atoms with Crippen LogP contribution in [0.2, 0.25) is 13.3 Å². The molecular weight excluding hydrogens is 383 g/mol. The summed E-state index contributed by atoms with van der Waals surface area (Å²) in [4.78, 5) is 9.81. The van der Waals surface area contributed by atoms with Gasteiger partial charge in [-0.2, -0.15) is 0 Å². The number of aliphatic carboxylic acids is 1. The molecule has 0 saturated carbocycles. The predicted octanol–water partition coefficient (Wildman–Crippen LogP) is 4.43. The topological polar surface area (TPSA) is 49.4 Å². The minimum absolute atomic E-state index is 0.330. The zero-order valence-electron chi connectivity index (χ0n) is 15.8. The third-order valence-corrected chi connectivity index (χ3v) is 12.4. The average molecular weight is 421 g/mol. The fourth-order valence-electron chi connectivity index (χ4n) is 1.93. The van der Waals surface area contributed by atoms with Crippen molar-refractivity contribution >= 4 is 25.7 Å². The number of carbonyl (C=O) groups is 1. The van der Waals surface area contributed by atoms with Crippen molar-refractivity contribution < 1.29 is 14.6 Å². The minimum atomic E-state index is -1.18. The van der Waals surface area contributed by atoms with Crippen molar-refractivity contribution in [1.82, 2.24) is 0 Å². The molecule has 0 radical (unpaired) electrons. The fraction of sp³-hybridized carbons (Fsp3) is 0.944. The molecule has 0 fully saturated rings. The van der Waals surface area contributed by atoms with E-state index in [0.717, 1.165) is 0 Å². The van der Waals surface area contributed by atoms with Crippen LogP contribution < -0.4 is 5.11 Å². The van der Waals surface area contributed by atoms with Crippen molar-refractivity contribution in [1.29, 1.82) is 0 Å². The molecule has 132 valence electrons. The van der Waals surface area contributed by atoms with Gasteiger partial charge in [0.2, 0.25) is 0 Å². The van der Waals surface area contributed by atoms with E-state index in [9.17, 15) is 9.90 Å². The summed E-state index contributed by atoms with van der Waals surface area (Å²) < 4.78 is 9.87. The third kappa shape index (κ3) is 22.5. The van der Waals surface area contributed by atoms with Gasteiger partial charge in [-0.25, -0.2) is 0 Å². The first kappa shape index (κ1) is 24.5. The molecule has 0 aromatic rings. The van der Waals surface area contributed by atoms with Crippen LogP contribution in [0.15, 0.2) is 0 Å². The quantitative estimate of drug-likeness (QED) is 0.464. The van der Waals surface area contributed by atoms with Crippen LogP contribution in [0.1, 0.15) is 80.1 Å². The molecule has 4 heteroatoms. The normalized spacial score (nSPS) is 10.8. The van der Waals surface area contributed by atoms with Gasteiger partial charge >= 0.3 is 92.4 Å². The van der Waals surface area contributed by atoms with Gasteiger partial charge in [0.15, 0.2) is 0 Å². The average Bonchev–Trinajstić information content (AvgIpc) is 2.44. The molecule has 0 saturated heterocycles. The number of hydrogen-bond acceptors (Lipinski definition) is 3. The van der Waals surface area contributed by atoms with E-state index in [4.69, 9.17) is 4.74 Å². The van der Waals surface area contributed by atoms with Crippen LogP contribution in [-0.4, -0.2) is 37.9 Å². The SMILES string of the molecule is CC(C)(C)OCC(=O)[O-].CCC[CH2][Sn+]([CH2]CCC)[CH2]CCC. The summed E-state index contributed by atoms with van der Waals surface area (Å²) in [6.45, 7) is 12.0. The van der Waals surface area contributed by atoms with E-state index in [1.807, 2.05) is 0 Å². The Balaban J connectivity index is 0. The van der Waals surface area contributed by atoms with Crippen molar-refractivity contribution in [3.8, 4) is 0 Å². The Labute approximate surface area is 145 Å². The van der Waals surface area contributed by atoms with Crippen LogP contribution in [0.25, 0.3) is 0 Å². The van der Waals surface area contributed by atoms with Gasteiger partial charge in [-0.1, -0.05) is 0 Å². The molecule has 0 heterocycles. The van der Waals surface area contributed by atoms with Gasteiger partial charge in [-0.3, -0.25) is 0 Å². The molecule has 0 unspecified atom stereocenters. The van der Waals surface area contributed by atoms with E-state index >= 15 is 0 Å². The van der Waals surface area contributed by atoms with Crippen LogP contribution in [0.3, 0.4) is 0 Å². The van der Waals surface area contributed by atoms with E-state index in [0.29, 0.717) is 0 Å². The molecule has 0 spiro atoms. The predicted molar refractivity (Wildman–Crippen MR) is 95.6 cm³/mol. The molecule has 0 bridgehead atoms. The number of unbranched alkanes of at least 4 members (excludes halogenated alkanes) is 3. The molecular formula is C18H38O3Sn. The van der Waals surface area contributed by atoms with Crippen LogP contribution in [0.4, 0.5) is 0 Å². The van der Waals surface area contributed by atoms with Crippen LogP contribution in [0, 0.1) is 0 Å². The molecule has 0 amide bonds. The van der Waals surface area contributed by atoms with Gasteiger partial charge < -0.3 is 14.6 Å². The molecule has 22 heavy (non-hydrogen) atoms. The van der Waals surface area contributed by atoms with E-state index in [2.05, 4.69) is 20.8 Å². The number of carbonyl (C=O) groups excluding carboxylic acids is 1. The van der Waals surface area contributed by atoms with E-state index in [1.165, 1.54) is 38.5 Å². The Morgan fingerprint density at radius 3 is 1.45 bits per heavy atom. The summed E-state index contributed by atoms with van der Waals surface area (Å²) in [5.74, 6) is -1.18. The van der Waals surface area contributed by atoms with Crippen LogP contribution >= 0.6 is 0 Å². The van der Waals surface area contributed by atoms with Crippen molar-refractivity contribution in [2.75, 3.05) is 6.61 Å². The third-order valence-electron chi connectivity index (χ3n) is 3.27. The fourth-order valence-corrected chi connectivity index (χ4v) is 11.4. The summed E-state index contributed by atoms with van der Waals surface area (Å²) in [7, 11) is 0.